The number of allylic oxidation sites excluding steroid dienone is 1. The topological polar surface area (TPSA) is 43.4 Å². The molecule has 1 saturated carbocycles. The van der Waals surface area contributed by atoms with E-state index >= 15 is 0 Å². The smallest absolute Gasteiger partial charge is 0.305 e. The first-order valence-electron chi connectivity index (χ1n) is 5.94. The number of carbonyl (C=O) groups excluding carboxylic acids is 2. The Bertz CT molecular complexity index is 283. The predicted molar refractivity (Wildman–Crippen MR) is 62.0 cm³/mol. The van der Waals surface area contributed by atoms with Crippen molar-refractivity contribution < 1.29 is 14.3 Å². The van der Waals surface area contributed by atoms with Gasteiger partial charge in [0, 0.05) is 18.3 Å². The zero-order valence-corrected chi connectivity index (χ0v) is 9.96. The van der Waals surface area contributed by atoms with E-state index in [0.717, 1.165) is 12.8 Å². The van der Waals surface area contributed by atoms with Crippen molar-refractivity contribution in [3.05, 3.63) is 12.7 Å². The summed E-state index contributed by atoms with van der Waals surface area (Å²) in [6, 6.07) is 0. The number of hydrogen-bond acceptors (Lipinski definition) is 3. The molecule has 0 radical (unpaired) electrons. The molecular formula is C13H20O3. The van der Waals surface area contributed by atoms with Gasteiger partial charge >= 0.3 is 5.97 Å². The van der Waals surface area contributed by atoms with Gasteiger partial charge in [0.15, 0.2) is 0 Å². The molecule has 0 saturated heterocycles. The minimum Gasteiger partial charge on any atom is -0.466 e. The Hall–Kier alpha value is -1.12. The second-order valence-corrected chi connectivity index (χ2v) is 4.35. The van der Waals surface area contributed by atoms with Crippen LogP contribution >= 0.6 is 0 Å². The monoisotopic (exact) mass is 224 g/mol. The normalized spacial score (nSPS) is 24.4. The van der Waals surface area contributed by atoms with Gasteiger partial charge in [0.2, 0.25) is 0 Å². The van der Waals surface area contributed by atoms with Gasteiger partial charge in [-0.15, -0.1) is 6.58 Å². The van der Waals surface area contributed by atoms with E-state index in [2.05, 4.69) is 6.58 Å². The molecule has 16 heavy (non-hydrogen) atoms. The van der Waals surface area contributed by atoms with Crippen molar-refractivity contribution in [2.45, 2.75) is 45.4 Å². The molecule has 1 rings (SSSR count). The van der Waals surface area contributed by atoms with Crippen LogP contribution in [0.5, 0.6) is 0 Å². The zero-order chi connectivity index (χ0) is 12.0. The molecular weight excluding hydrogens is 204 g/mol. The highest BCUT2D eigenvalue weighted by Gasteiger charge is 2.40. The molecule has 0 aliphatic heterocycles. The highest BCUT2D eigenvalue weighted by atomic mass is 16.5. The molecule has 1 fully saturated rings. The van der Waals surface area contributed by atoms with Crippen LogP contribution < -0.4 is 0 Å². The van der Waals surface area contributed by atoms with Crippen molar-refractivity contribution in [2.75, 3.05) is 6.61 Å². The van der Waals surface area contributed by atoms with E-state index in [4.69, 9.17) is 4.74 Å². The van der Waals surface area contributed by atoms with Crippen LogP contribution in [0.2, 0.25) is 0 Å². The maximum atomic E-state index is 11.9. The number of esters is 1. The van der Waals surface area contributed by atoms with E-state index in [9.17, 15) is 9.59 Å². The lowest BCUT2D eigenvalue weighted by atomic mass is 9.78. The summed E-state index contributed by atoms with van der Waals surface area (Å²) in [6.07, 6.45) is 5.90. The number of rotatable bonds is 6. The molecule has 1 aliphatic rings. The molecule has 1 aliphatic carbocycles. The second-order valence-electron chi connectivity index (χ2n) is 4.35. The molecule has 1 atom stereocenters. The van der Waals surface area contributed by atoms with Gasteiger partial charge < -0.3 is 4.74 Å². The summed E-state index contributed by atoms with van der Waals surface area (Å²) in [5, 5.41) is 0. The molecule has 0 aromatic carbocycles. The molecule has 3 heteroatoms. The summed E-state index contributed by atoms with van der Waals surface area (Å²) in [5.41, 5.74) is -0.325. The van der Waals surface area contributed by atoms with Crippen LogP contribution in [0.1, 0.15) is 45.4 Å². The average molecular weight is 224 g/mol. The van der Waals surface area contributed by atoms with Crippen molar-refractivity contribution >= 4 is 11.8 Å². The van der Waals surface area contributed by atoms with Gasteiger partial charge in [0.25, 0.3) is 0 Å². The molecule has 0 aromatic rings. The molecule has 0 N–H and O–H groups in total. The molecule has 3 nitrogen and oxygen atoms in total. The van der Waals surface area contributed by atoms with E-state index in [1.807, 2.05) is 0 Å². The van der Waals surface area contributed by atoms with Crippen molar-refractivity contribution in [2.24, 2.45) is 5.41 Å². The third-order valence-corrected chi connectivity index (χ3v) is 3.30. The highest BCUT2D eigenvalue weighted by Crippen LogP contribution is 2.42. The molecule has 0 spiro atoms. The maximum absolute atomic E-state index is 11.9. The number of ether oxygens (including phenoxy) is 1. The lowest BCUT2D eigenvalue weighted by Gasteiger charge is -2.25. The Kier molecular flexibility index (Phi) is 4.71. The van der Waals surface area contributed by atoms with Gasteiger partial charge in [-0.25, -0.2) is 0 Å². The van der Waals surface area contributed by atoms with Crippen molar-refractivity contribution in [1.82, 2.24) is 0 Å². The minimum absolute atomic E-state index is 0.203. The molecule has 0 unspecified atom stereocenters. The molecule has 0 bridgehead atoms. The fraction of sp³-hybridized carbons (Fsp3) is 0.692. The van der Waals surface area contributed by atoms with E-state index in [0.29, 0.717) is 32.3 Å². The van der Waals surface area contributed by atoms with Crippen molar-refractivity contribution in [3.63, 3.8) is 0 Å². The van der Waals surface area contributed by atoms with Crippen LogP contribution in [-0.4, -0.2) is 18.4 Å². The van der Waals surface area contributed by atoms with E-state index in [1.165, 1.54) is 0 Å². The minimum atomic E-state index is -0.325. The largest absolute Gasteiger partial charge is 0.466 e. The highest BCUT2D eigenvalue weighted by molar-refractivity contribution is 5.87. The summed E-state index contributed by atoms with van der Waals surface area (Å²) in [4.78, 5) is 23.2. The lowest BCUT2D eigenvalue weighted by molar-refractivity contribution is -0.144. The summed E-state index contributed by atoms with van der Waals surface area (Å²) in [7, 11) is 0. The molecule has 0 heterocycles. The first-order chi connectivity index (χ1) is 7.64. The Balaban J connectivity index is 2.55. The van der Waals surface area contributed by atoms with Gasteiger partial charge in [0.05, 0.1) is 6.61 Å². The Morgan fingerprint density at radius 3 is 2.88 bits per heavy atom. The van der Waals surface area contributed by atoms with Crippen LogP contribution in [0.15, 0.2) is 12.7 Å². The quantitative estimate of drug-likeness (QED) is 0.514. The summed E-state index contributed by atoms with van der Waals surface area (Å²) >= 11 is 0. The average Bonchev–Trinajstić information content (AvgIpc) is 2.59. The fourth-order valence-corrected chi connectivity index (χ4v) is 2.43. The SMILES string of the molecule is C=CC[C@]1(CCC(=O)OCC)CCCC1=O. The third kappa shape index (κ3) is 2.94. The van der Waals surface area contributed by atoms with Gasteiger partial charge in [-0.3, -0.25) is 9.59 Å². The van der Waals surface area contributed by atoms with Crippen LogP contribution in [0.4, 0.5) is 0 Å². The van der Waals surface area contributed by atoms with Gasteiger partial charge in [-0.05, 0) is 32.6 Å². The fourth-order valence-electron chi connectivity index (χ4n) is 2.43. The lowest BCUT2D eigenvalue weighted by Crippen LogP contribution is -2.26. The number of ketones is 1. The molecule has 0 aromatic heterocycles. The van der Waals surface area contributed by atoms with Gasteiger partial charge in [-0.1, -0.05) is 6.08 Å². The van der Waals surface area contributed by atoms with Crippen LogP contribution in [0, 0.1) is 5.41 Å². The van der Waals surface area contributed by atoms with Crippen LogP contribution in [-0.2, 0) is 14.3 Å². The van der Waals surface area contributed by atoms with Gasteiger partial charge in [-0.2, -0.15) is 0 Å². The maximum Gasteiger partial charge on any atom is 0.305 e. The number of carbonyl (C=O) groups is 2. The zero-order valence-electron chi connectivity index (χ0n) is 9.96. The first kappa shape index (κ1) is 12.9. The van der Waals surface area contributed by atoms with Crippen LogP contribution in [0.3, 0.4) is 0 Å². The predicted octanol–water partition coefficient (Wildman–Crippen LogP) is 2.65. The second kappa shape index (κ2) is 5.83. The number of hydrogen-bond donors (Lipinski definition) is 0. The summed E-state index contributed by atoms with van der Waals surface area (Å²) < 4.78 is 4.88. The van der Waals surface area contributed by atoms with Crippen LogP contribution in [0.25, 0.3) is 0 Å². The standard InChI is InChI=1S/C13H20O3/c1-3-8-13(9-5-6-11(13)14)10-7-12(15)16-4-2/h3H,1,4-10H2,2H3/t13-/m1/s1. The summed E-state index contributed by atoms with van der Waals surface area (Å²) in [5.74, 6) is 0.0855. The number of Topliss-reactive ketones (excluding diaryl/α,β-unsaturated/α-hetero) is 1. The Morgan fingerprint density at radius 2 is 2.38 bits per heavy atom. The van der Waals surface area contributed by atoms with Crippen molar-refractivity contribution in [3.8, 4) is 0 Å². The Labute approximate surface area is 96.9 Å². The third-order valence-electron chi connectivity index (χ3n) is 3.30. The van der Waals surface area contributed by atoms with Crippen molar-refractivity contribution in [1.29, 1.82) is 0 Å². The molecule has 90 valence electrons. The van der Waals surface area contributed by atoms with Gasteiger partial charge in [0.1, 0.15) is 5.78 Å². The first-order valence-corrected chi connectivity index (χ1v) is 5.94. The van der Waals surface area contributed by atoms with E-state index < -0.39 is 0 Å². The van der Waals surface area contributed by atoms with E-state index in [1.54, 1.807) is 13.0 Å². The Morgan fingerprint density at radius 1 is 1.62 bits per heavy atom. The van der Waals surface area contributed by atoms with E-state index in [-0.39, 0.29) is 17.2 Å². The summed E-state index contributed by atoms with van der Waals surface area (Å²) in [6.45, 7) is 5.89. The molecule has 0 amide bonds.